The standard InChI is InChI=1S/C13H11FN2O2S2/c14-11-8-9(13(15)19)6-7-12(11)16-20(17,18)10-4-2-1-3-5-10/h1-8,16H,(H2,15,19). The molecule has 0 spiro atoms. The maximum atomic E-state index is 13.8. The Morgan fingerprint density at radius 2 is 1.80 bits per heavy atom. The van der Waals surface area contributed by atoms with Crippen LogP contribution in [0, 0.1) is 5.82 Å². The van der Waals surface area contributed by atoms with Crippen LogP contribution in [0.15, 0.2) is 53.4 Å². The molecule has 7 heteroatoms. The van der Waals surface area contributed by atoms with Crippen molar-refractivity contribution in [1.29, 1.82) is 0 Å². The minimum atomic E-state index is -3.82. The van der Waals surface area contributed by atoms with Gasteiger partial charge in [-0.2, -0.15) is 0 Å². The summed E-state index contributed by atoms with van der Waals surface area (Å²) >= 11 is 4.72. The molecule has 4 nitrogen and oxygen atoms in total. The van der Waals surface area contributed by atoms with Crippen LogP contribution in [0.5, 0.6) is 0 Å². The van der Waals surface area contributed by atoms with Gasteiger partial charge in [-0.3, -0.25) is 4.72 Å². The summed E-state index contributed by atoms with van der Waals surface area (Å²) in [6.07, 6.45) is 0. The number of hydrogen-bond acceptors (Lipinski definition) is 3. The summed E-state index contributed by atoms with van der Waals surface area (Å²) in [6.45, 7) is 0. The van der Waals surface area contributed by atoms with Gasteiger partial charge in [-0.25, -0.2) is 12.8 Å². The average Bonchev–Trinajstić information content (AvgIpc) is 2.41. The van der Waals surface area contributed by atoms with Gasteiger partial charge in [0.25, 0.3) is 10.0 Å². The number of thiocarbonyl (C=S) groups is 1. The molecule has 0 saturated carbocycles. The van der Waals surface area contributed by atoms with Gasteiger partial charge in [-0.15, -0.1) is 0 Å². The first-order valence-corrected chi connectivity index (χ1v) is 7.46. The lowest BCUT2D eigenvalue weighted by Gasteiger charge is -2.09. The van der Waals surface area contributed by atoms with E-state index in [4.69, 9.17) is 18.0 Å². The van der Waals surface area contributed by atoms with Crippen LogP contribution < -0.4 is 10.5 Å². The summed E-state index contributed by atoms with van der Waals surface area (Å²) in [5.74, 6) is -0.741. The highest BCUT2D eigenvalue weighted by molar-refractivity contribution is 7.92. The molecule has 0 fully saturated rings. The molecule has 0 unspecified atom stereocenters. The summed E-state index contributed by atoms with van der Waals surface area (Å²) in [5, 5.41) is 0. The minimum absolute atomic E-state index is 0.0429. The van der Waals surface area contributed by atoms with Crippen molar-refractivity contribution >= 4 is 32.9 Å². The molecule has 0 heterocycles. The van der Waals surface area contributed by atoms with Crippen molar-refractivity contribution in [2.24, 2.45) is 5.73 Å². The summed E-state index contributed by atoms with van der Waals surface area (Å²) < 4.78 is 40.1. The Kier molecular flexibility index (Phi) is 4.01. The van der Waals surface area contributed by atoms with Crippen LogP contribution in [0.25, 0.3) is 0 Å². The van der Waals surface area contributed by atoms with E-state index in [0.717, 1.165) is 6.07 Å². The highest BCUT2D eigenvalue weighted by Gasteiger charge is 2.16. The third kappa shape index (κ3) is 3.12. The lowest BCUT2D eigenvalue weighted by molar-refractivity contribution is 0.598. The molecule has 2 aromatic carbocycles. The topological polar surface area (TPSA) is 72.2 Å². The zero-order valence-electron chi connectivity index (χ0n) is 10.2. The van der Waals surface area contributed by atoms with Crippen LogP contribution >= 0.6 is 12.2 Å². The third-order valence-corrected chi connectivity index (χ3v) is 4.17. The Morgan fingerprint density at radius 1 is 1.15 bits per heavy atom. The first-order valence-electron chi connectivity index (χ1n) is 5.57. The van der Waals surface area contributed by atoms with Gasteiger partial charge >= 0.3 is 0 Å². The van der Waals surface area contributed by atoms with Crippen molar-refractivity contribution in [3.63, 3.8) is 0 Å². The predicted octanol–water partition coefficient (Wildman–Crippen LogP) is 2.26. The van der Waals surface area contributed by atoms with E-state index in [1.54, 1.807) is 18.2 Å². The minimum Gasteiger partial charge on any atom is -0.389 e. The zero-order valence-corrected chi connectivity index (χ0v) is 11.8. The molecule has 0 aliphatic carbocycles. The normalized spacial score (nSPS) is 11.1. The van der Waals surface area contributed by atoms with E-state index in [-0.39, 0.29) is 15.6 Å². The predicted molar refractivity (Wildman–Crippen MR) is 79.5 cm³/mol. The molecule has 104 valence electrons. The van der Waals surface area contributed by atoms with E-state index in [1.165, 1.54) is 24.3 Å². The summed E-state index contributed by atoms with van der Waals surface area (Å²) in [5.41, 5.74) is 5.55. The number of benzene rings is 2. The monoisotopic (exact) mass is 310 g/mol. The molecule has 0 atom stereocenters. The number of sulfonamides is 1. The van der Waals surface area contributed by atoms with Crippen LogP contribution in [-0.2, 0) is 10.0 Å². The van der Waals surface area contributed by atoms with Gasteiger partial charge in [0.2, 0.25) is 0 Å². The second-order valence-electron chi connectivity index (χ2n) is 3.98. The molecule has 0 bridgehead atoms. The molecule has 2 rings (SSSR count). The molecule has 0 aliphatic rings. The molecule has 2 aromatic rings. The highest BCUT2D eigenvalue weighted by Crippen LogP contribution is 2.20. The highest BCUT2D eigenvalue weighted by atomic mass is 32.2. The van der Waals surface area contributed by atoms with Crippen LogP contribution in [-0.4, -0.2) is 13.4 Å². The van der Waals surface area contributed by atoms with Crippen LogP contribution in [0.2, 0.25) is 0 Å². The van der Waals surface area contributed by atoms with Crippen molar-refractivity contribution in [2.45, 2.75) is 4.90 Å². The average molecular weight is 310 g/mol. The molecule has 0 saturated heterocycles. The molecular weight excluding hydrogens is 299 g/mol. The van der Waals surface area contributed by atoms with E-state index in [1.807, 2.05) is 0 Å². The second-order valence-corrected chi connectivity index (χ2v) is 6.10. The molecule has 3 N–H and O–H groups in total. The zero-order chi connectivity index (χ0) is 14.8. The number of hydrogen-bond donors (Lipinski definition) is 2. The number of halogens is 1. The second kappa shape index (κ2) is 5.56. The van der Waals surface area contributed by atoms with E-state index in [9.17, 15) is 12.8 Å². The molecular formula is C13H11FN2O2S2. The smallest absolute Gasteiger partial charge is 0.261 e. The first-order chi connectivity index (χ1) is 9.40. The van der Waals surface area contributed by atoms with Crippen molar-refractivity contribution in [3.8, 4) is 0 Å². The van der Waals surface area contributed by atoms with E-state index in [0.29, 0.717) is 5.56 Å². The van der Waals surface area contributed by atoms with Crippen molar-refractivity contribution in [3.05, 3.63) is 59.9 Å². The fraction of sp³-hybridized carbons (Fsp3) is 0. The fourth-order valence-corrected chi connectivity index (χ4v) is 2.77. The van der Waals surface area contributed by atoms with Crippen molar-refractivity contribution in [2.75, 3.05) is 4.72 Å². The van der Waals surface area contributed by atoms with Gasteiger partial charge in [0.1, 0.15) is 10.8 Å². The number of rotatable bonds is 4. The number of nitrogens with one attached hydrogen (secondary N) is 1. The summed E-state index contributed by atoms with van der Waals surface area (Å²) in [4.78, 5) is 0.0965. The quantitative estimate of drug-likeness (QED) is 0.850. The Labute approximate surface area is 121 Å². The Balaban J connectivity index is 2.33. The summed E-state index contributed by atoms with van der Waals surface area (Å²) in [7, 11) is -3.82. The van der Waals surface area contributed by atoms with Crippen LogP contribution in [0.1, 0.15) is 5.56 Å². The van der Waals surface area contributed by atoms with E-state index in [2.05, 4.69) is 4.72 Å². The van der Waals surface area contributed by atoms with Crippen molar-refractivity contribution in [1.82, 2.24) is 0 Å². The van der Waals surface area contributed by atoms with Gasteiger partial charge in [0.15, 0.2) is 0 Å². The SMILES string of the molecule is NC(=S)c1ccc(NS(=O)(=O)c2ccccc2)c(F)c1. The lowest BCUT2D eigenvalue weighted by Crippen LogP contribution is -2.15. The van der Waals surface area contributed by atoms with Crippen molar-refractivity contribution < 1.29 is 12.8 Å². The largest absolute Gasteiger partial charge is 0.389 e. The van der Waals surface area contributed by atoms with Gasteiger partial charge in [0, 0.05) is 5.56 Å². The summed E-state index contributed by atoms with van der Waals surface area (Å²) in [6, 6.07) is 11.5. The van der Waals surface area contributed by atoms with Gasteiger partial charge in [0.05, 0.1) is 10.6 Å². The third-order valence-electron chi connectivity index (χ3n) is 2.55. The molecule has 0 amide bonds. The Morgan fingerprint density at radius 3 is 2.35 bits per heavy atom. The number of nitrogens with two attached hydrogens (primary N) is 1. The Bertz CT molecular complexity index is 746. The fourth-order valence-electron chi connectivity index (χ4n) is 1.55. The van der Waals surface area contributed by atoms with Crippen LogP contribution in [0.3, 0.4) is 0 Å². The van der Waals surface area contributed by atoms with E-state index >= 15 is 0 Å². The van der Waals surface area contributed by atoms with Crippen LogP contribution in [0.4, 0.5) is 10.1 Å². The number of anilines is 1. The molecule has 0 aromatic heterocycles. The first kappa shape index (κ1) is 14.4. The lowest BCUT2D eigenvalue weighted by atomic mass is 10.2. The Hall–Kier alpha value is -1.99. The van der Waals surface area contributed by atoms with Gasteiger partial charge in [-0.1, -0.05) is 30.4 Å². The molecule has 0 aliphatic heterocycles. The van der Waals surface area contributed by atoms with E-state index < -0.39 is 15.8 Å². The van der Waals surface area contributed by atoms with Gasteiger partial charge < -0.3 is 5.73 Å². The maximum absolute atomic E-state index is 13.8. The van der Waals surface area contributed by atoms with Gasteiger partial charge in [-0.05, 0) is 30.3 Å². The molecule has 20 heavy (non-hydrogen) atoms. The maximum Gasteiger partial charge on any atom is 0.261 e. The molecule has 0 radical (unpaired) electrons.